The van der Waals surface area contributed by atoms with Crippen molar-refractivity contribution in [1.29, 1.82) is 0 Å². The molecule has 4 bridgehead atoms. The van der Waals surface area contributed by atoms with E-state index in [0.29, 0.717) is 12.5 Å². The summed E-state index contributed by atoms with van der Waals surface area (Å²) in [5.74, 6) is 1.37. The summed E-state index contributed by atoms with van der Waals surface area (Å²) in [7, 11) is 3.86. The first-order valence-electron chi connectivity index (χ1n) is 9.32. The Morgan fingerprint density at radius 3 is 3.00 bits per heavy atom. The lowest BCUT2D eigenvalue weighted by molar-refractivity contribution is -0.152. The smallest absolute Gasteiger partial charge is 0.179 e. The quantitative estimate of drug-likeness (QED) is 0.834. The van der Waals surface area contributed by atoms with Crippen LogP contribution >= 0.6 is 0 Å². The normalized spacial score (nSPS) is 46.0. The molecule has 132 valence electrons. The molecule has 2 spiro atoms. The molecule has 6 rings (SSSR count). The van der Waals surface area contributed by atoms with Crippen molar-refractivity contribution in [3.63, 3.8) is 0 Å². The number of carbonyl (C=O) groups excluding carboxylic acids is 1. The van der Waals surface area contributed by atoms with Gasteiger partial charge in [0.15, 0.2) is 23.4 Å². The third kappa shape index (κ3) is 1.31. The lowest BCUT2D eigenvalue weighted by atomic mass is 9.44. The number of fused-ring (bicyclic) bond motifs is 1. The minimum Gasteiger partial charge on any atom is -0.493 e. The van der Waals surface area contributed by atoms with Gasteiger partial charge in [-0.3, -0.25) is 4.79 Å². The SMILES string of the molecule is COc1ccc2c3c1O[C@H]1C(=O)[C@H]4C[C@@]5(C[C@H]4O)[C@@H](C2)N(C)CC[C@]315. The van der Waals surface area contributed by atoms with Crippen molar-refractivity contribution in [2.24, 2.45) is 11.3 Å². The number of ether oxygens (including phenoxy) is 2. The molecule has 2 aliphatic heterocycles. The van der Waals surface area contributed by atoms with Crippen LogP contribution in [0.2, 0.25) is 0 Å². The summed E-state index contributed by atoms with van der Waals surface area (Å²) in [4.78, 5) is 15.7. The van der Waals surface area contributed by atoms with E-state index in [1.165, 1.54) is 11.1 Å². The molecule has 2 saturated carbocycles. The highest BCUT2D eigenvalue weighted by atomic mass is 16.5. The zero-order valence-corrected chi connectivity index (χ0v) is 14.6. The first-order chi connectivity index (χ1) is 12.0. The average molecular weight is 341 g/mol. The van der Waals surface area contributed by atoms with Crippen molar-refractivity contribution in [2.75, 3.05) is 20.7 Å². The molecule has 1 aromatic carbocycles. The zero-order chi connectivity index (χ0) is 17.1. The number of likely N-dealkylation sites (N-methyl/N-ethyl adjacent to an activating group) is 1. The summed E-state index contributed by atoms with van der Waals surface area (Å²) in [6, 6.07) is 4.51. The Kier molecular flexibility index (Phi) is 2.45. The number of aliphatic hydroxyl groups excluding tert-OH is 1. The van der Waals surface area contributed by atoms with Crippen LogP contribution in [0.4, 0.5) is 0 Å². The Balaban J connectivity index is 1.71. The summed E-state index contributed by atoms with van der Waals surface area (Å²) in [5.41, 5.74) is 2.18. The van der Waals surface area contributed by atoms with Crippen LogP contribution in [-0.2, 0) is 16.6 Å². The number of ketones is 1. The number of nitrogens with zero attached hydrogens (tertiary/aromatic N) is 1. The Bertz CT molecular complexity index is 822. The van der Waals surface area contributed by atoms with Gasteiger partial charge in [0.05, 0.1) is 18.6 Å². The maximum Gasteiger partial charge on any atom is 0.179 e. The minimum absolute atomic E-state index is 0.0622. The molecule has 25 heavy (non-hydrogen) atoms. The Hall–Kier alpha value is -1.59. The second-order valence-electron chi connectivity index (χ2n) is 8.69. The van der Waals surface area contributed by atoms with Gasteiger partial charge in [-0.05, 0) is 50.9 Å². The van der Waals surface area contributed by atoms with Crippen molar-refractivity contribution < 1.29 is 19.4 Å². The lowest BCUT2D eigenvalue weighted by Crippen LogP contribution is -2.71. The highest BCUT2D eigenvalue weighted by molar-refractivity contribution is 5.93. The average Bonchev–Trinajstić information content (AvgIpc) is 3.10. The van der Waals surface area contributed by atoms with Gasteiger partial charge in [0, 0.05) is 22.9 Å². The van der Waals surface area contributed by atoms with Crippen molar-refractivity contribution in [3.8, 4) is 11.5 Å². The molecule has 5 aliphatic rings. The third-order valence-electron chi connectivity index (χ3n) is 8.13. The van der Waals surface area contributed by atoms with Gasteiger partial charge in [0.2, 0.25) is 0 Å². The standard InChI is InChI=1S/C20H23NO4/c1-21-6-5-20-15-10-3-4-13(24-2)17(15)25-18(20)16(23)11-8-19(20,9-12(11)22)14(21)7-10/h3-4,11-12,14,18,22H,5-9H2,1-2H3/t11-,12+,14+,18-,19+,20-/m0/s1. The predicted octanol–water partition coefficient (Wildman–Crippen LogP) is 1.29. The number of piperidine rings is 1. The number of benzene rings is 1. The largest absolute Gasteiger partial charge is 0.493 e. The van der Waals surface area contributed by atoms with E-state index in [1.54, 1.807) is 7.11 Å². The van der Waals surface area contributed by atoms with Gasteiger partial charge in [0.25, 0.3) is 0 Å². The molecule has 3 fully saturated rings. The van der Waals surface area contributed by atoms with Gasteiger partial charge in [-0.15, -0.1) is 0 Å². The van der Waals surface area contributed by atoms with Crippen LogP contribution in [0, 0.1) is 11.3 Å². The van der Waals surface area contributed by atoms with Crippen LogP contribution in [-0.4, -0.2) is 54.7 Å². The third-order valence-corrected chi connectivity index (χ3v) is 8.13. The highest BCUT2D eigenvalue weighted by Gasteiger charge is 2.77. The molecule has 1 saturated heterocycles. The van der Waals surface area contributed by atoms with Crippen LogP contribution in [0.5, 0.6) is 11.5 Å². The molecule has 6 atom stereocenters. The Labute approximate surface area is 146 Å². The molecule has 0 radical (unpaired) electrons. The van der Waals surface area contributed by atoms with Crippen LogP contribution < -0.4 is 9.47 Å². The monoisotopic (exact) mass is 341 g/mol. The predicted molar refractivity (Wildman–Crippen MR) is 90.0 cm³/mol. The molecule has 0 amide bonds. The molecule has 2 heterocycles. The number of carbonyl (C=O) groups is 1. The highest BCUT2D eigenvalue weighted by Crippen LogP contribution is 2.73. The molecule has 5 heteroatoms. The summed E-state index contributed by atoms with van der Waals surface area (Å²) < 4.78 is 11.9. The fourth-order valence-electron chi connectivity index (χ4n) is 7.24. The summed E-state index contributed by atoms with van der Waals surface area (Å²) in [6.07, 6.45) is 2.43. The van der Waals surface area contributed by atoms with Gasteiger partial charge >= 0.3 is 0 Å². The van der Waals surface area contributed by atoms with E-state index in [4.69, 9.17) is 9.47 Å². The molecule has 1 N–H and O–H groups in total. The molecular weight excluding hydrogens is 318 g/mol. The van der Waals surface area contributed by atoms with Gasteiger partial charge in [-0.1, -0.05) is 6.07 Å². The van der Waals surface area contributed by atoms with Crippen LogP contribution in [0.25, 0.3) is 0 Å². The van der Waals surface area contributed by atoms with E-state index in [9.17, 15) is 9.90 Å². The van der Waals surface area contributed by atoms with E-state index in [0.717, 1.165) is 37.3 Å². The molecule has 0 unspecified atom stereocenters. The van der Waals surface area contributed by atoms with Gasteiger partial charge in [0.1, 0.15) is 0 Å². The number of rotatable bonds is 1. The van der Waals surface area contributed by atoms with Crippen molar-refractivity contribution in [1.82, 2.24) is 4.90 Å². The number of methoxy groups -OCH3 is 1. The van der Waals surface area contributed by atoms with E-state index in [-0.39, 0.29) is 22.5 Å². The maximum atomic E-state index is 13.3. The molecule has 5 nitrogen and oxygen atoms in total. The summed E-state index contributed by atoms with van der Waals surface area (Å²) in [6.45, 7) is 0.969. The number of aliphatic hydroxyl groups is 1. The first-order valence-corrected chi connectivity index (χ1v) is 9.32. The van der Waals surface area contributed by atoms with Crippen LogP contribution in [0.1, 0.15) is 30.4 Å². The molecule has 0 aromatic heterocycles. The molecule has 3 aliphatic carbocycles. The van der Waals surface area contributed by atoms with Crippen LogP contribution in [0.15, 0.2) is 12.1 Å². The molecule has 1 aromatic rings. The van der Waals surface area contributed by atoms with E-state index < -0.39 is 12.2 Å². The zero-order valence-electron chi connectivity index (χ0n) is 14.6. The number of likely N-dealkylation sites (tertiary alicyclic amines) is 1. The fourth-order valence-corrected chi connectivity index (χ4v) is 7.24. The van der Waals surface area contributed by atoms with E-state index in [1.807, 2.05) is 6.07 Å². The Morgan fingerprint density at radius 1 is 1.36 bits per heavy atom. The van der Waals surface area contributed by atoms with Crippen molar-refractivity contribution in [2.45, 2.75) is 49.3 Å². The second kappa shape index (κ2) is 4.21. The maximum absolute atomic E-state index is 13.3. The molecular formula is C20H23NO4. The van der Waals surface area contributed by atoms with Crippen molar-refractivity contribution >= 4 is 5.78 Å². The number of hydrogen-bond acceptors (Lipinski definition) is 5. The van der Waals surface area contributed by atoms with Crippen molar-refractivity contribution in [3.05, 3.63) is 23.3 Å². The van der Waals surface area contributed by atoms with E-state index >= 15 is 0 Å². The van der Waals surface area contributed by atoms with Gasteiger partial charge < -0.3 is 19.5 Å². The van der Waals surface area contributed by atoms with Crippen LogP contribution in [0.3, 0.4) is 0 Å². The Morgan fingerprint density at radius 2 is 2.20 bits per heavy atom. The second-order valence-corrected chi connectivity index (χ2v) is 8.69. The van der Waals surface area contributed by atoms with Gasteiger partial charge in [-0.25, -0.2) is 0 Å². The fraction of sp³-hybridized carbons (Fsp3) is 0.650. The minimum atomic E-state index is -0.525. The number of Topliss-reactive ketones (excluding diaryl/α,β-unsaturated/α-hetero) is 1. The van der Waals surface area contributed by atoms with E-state index in [2.05, 4.69) is 18.0 Å². The topological polar surface area (TPSA) is 59.0 Å². The summed E-state index contributed by atoms with van der Waals surface area (Å²) >= 11 is 0. The first kappa shape index (κ1) is 14.6. The lowest BCUT2D eigenvalue weighted by Gasteiger charge is -2.63. The number of hydrogen-bond donors (Lipinski definition) is 1. The van der Waals surface area contributed by atoms with Gasteiger partial charge in [-0.2, -0.15) is 0 Å². The summed E-state index contributed by atoms with van der Waals surface area (Å²) in [5, 5.41) is 10.7.